The molecule has 2 aromatic carbocycles. The number of benzene rings is 2. The maximum absolute atomic E-state index is 12.7. The van der Waals surface area contributed by atoms with Gasteiger partial charge in [-0.25, -0.2) is 0 Å². The Hall–Kier alpha value is -3.39. The van der Waals surface area contributed by atoms with Gasteiger partial charge in [0.15, 0.2) is 17.3 Å². The Kier molecular flexibility index (Phi) is 6.93. The van der Waals surface area contributed by atoms with E-state index in [9.17, 15) is 4.79 Å². The van der Waals surface area contributed by atoms with E-state index in [4.69, 9.17) is 14.9 Å². The molecule has 0 saturated heterocycles. The summed E-state index contributed by atoms with van der Waals surface area (Å²) >= 11 is 1.36. The summed E-state index contributed by atoms with van der Waals surface area (Å²) in [5.41, 5.74) is 1.96. The molecule has 1 N–H and O–H groups in total. The van der Waals surface area contributed by atoms with E-state index in [0.29, 0.717) is 22.2 Å². The third-order valence-electron chi connectivity index (χ3n) is 5.31. The van der Waals surface area contributed by atoms with Crippen molar-refractivity contribution in [2.24, 2.45) is 10.1 Å². The van der Waals surface area contributed by atoms with Gasteiger partial charge in [0.25, 0.3) is 5.91 Å². The summed E-state index contributed by atoms with van der Waals surface area (Å²) in [5, 5.41) is 15.8. The van der Waals surface area contributed by atoms with Crippen molar-refractivity contribution in [2.75, 3.05) is 7.11 Å². The van der Waals surface area contributed by atoms with E-state index in [0.717, 1.165) is 29.9 Å². The fourth-order valence-corrected chi connectivity index (χ4v) is 4.41. The number of hydrogen-bond donors (Lipinski definition) is 1. The molecule has 2 aromatic rings. The quantitative estimate of drug-likeness (QED) is 0.513. The monoisotopic (exact) mass is 462 g/mol. The first-order chi connectivity index (χ1) is 16.0. The van der Waals surface area contributed by atoms with Gasteiger partial charge in [0, 0.05) is 0 Å². The Bertz CT molecular complexity index is 1160. The first-order valence-corrected chi connectivity index (χ1v) is 11.7. The highest BCUT2D eigenvalue weighted by atomic mass is 32.2. The van der Waals surface area contributed by atoms with Crippen LogP contribution in [0.3, 0.4) is 0 Å². The molecule has 0 bridgehead atoms. The molecular formula is C25H26N4O3S. The van der Waals surface area contributed by atoms with E-state index in [-0.39, 0.29) is 17.5 Å². The average Bonchev–Trinajstić information content (AvgIpc) is 3.24. The van der Waals surface area contributed by atoms with Crippen molar-refractivity contribution in [3.05, 3.63) is 65.2 Å². The summed E-state index contributed by atoms with van der Waals surface area (Å²) in [4.78, 5) is 16.8. The van der Waals surface area contributed by atoms with Crippen LogP contribution < -0.4 is 9.47 Å². The van der Waals surface area contributed by atoms with Crippen molar-refractivity contribution in [3.63, 3.8) is 0 Å². The smallest absolute Gasteiger partial charge is 0.283 e. The number of aliphatic imine (C=N–C) groups is 1. The summed E-state index contributed by atoms with van der Waals surface area (Å²) in [7, 11) is 1.57. The van der Waals surface area contributed by atoms with Crippen LogP contribution in [0.25, 0.3) is 6.08 Å². The van der Waals surface area contributed by atoms with Gasteiger partial charge in [-0.05, 0) is 60.9 Å². The summed E-state index contributed by atoms with van der Waals surface area (Å²) in [6.07, 6.45) is 4.37. The predicted octanol–water partition coefficient (Wildman–Crippen LogP) is 5.64. The van der Waals surface area contributed by atoms with Crippen molar-refractivity contribution in [1.29, 1.82) is 5.41 Å². The van der Waals surface area contributed by atoms with Crippen LogP contribution in [0.15, 0.2) is 64.2 Å². The van der Waals surface area contributed by atoms with Gasteiger partial charge in [0.2, 0.25) is 5.17 Å². The highest BCUT2D eigenvalue weighted by molar-refractivity contribution is 8.26. The molecule has 0 aliphatic carbocycles. The van der Waals surface area contributed by atoms with Crippen LogP contribution in [0.5, 0.6) is 11.5 Å². The predicted molar refractivity (Wildman–Crippen MR) is 133 cm³/mol. The number of amidine groups is 2. The van der Waals surface area contributed by atoms with Crippen molar-refractivity contribution in [2.45, 2.75) is 39.2 Å². The topological polar surface area (TPSA) is 87.3 Å². The van der Waals surface area contributed by atoms with Crippen LogP contribution in [0.4, 0.5) is 0 Å². The molecule has 0 unspecified atom stereocenters. The van der Waals surface area contributed by atoms with Crippen LogP contribution in [-0.2, 0) is 4.79 Å². The molecule has 2 heterocycles. The largest absolute Gasteiger partial charge is 0.493 e. The number of carbonyl (C=O) groups excluding carboxylic acids is 1. The number of fused-ring (bicyclic) bond motifs is 1. The lowest BCUT2D eigenvalue weighted by atomic mass is 10.1. The minimum Gasteiger partial charge on any atom is -0.493 e. The molecule has 2 aliphatic heterocycles. The summed E-state index contributed by atoms with van der Waals surface area (Å²) in [6, 6.07) is 15.4. The fourth-order valence-electron chi connectivity index (χ4n) is 3.48. The minimum atomic E-state index is -0.442. The molecule has 0 saturated carbocycles. The van der Waals surface area contributed by atoms with E-state index in [2.05, 4.69) is 17.0 Å². The molecule has 1 atom stereocenters. The van der Waals surface area contributed by atoms with Crippen LogP contribution in [-0.4, -0.2) is 34.1 Å². The van der Waals surface area contributed by atoms with E-state index in [1.54, 1.807) is 19.3 Å². The molecule has 8 heteroatoms. The lowest BCUT2D eigenvalue weighted by molar-refractivity contribution is -0.114. The molecule has 7 nitrogen and oxygen atoms in total. The van der Waals surface area contributed by atoms with Crippen molar-refractivity contribution < 1.29 is 14.3 Å². The molecule has 0 radical (unpaired) electrons. The van der Waals surface area contributed by atoms with Crippen LogP contribution >= 0.6 is 11.8 Å². The van der Waals surface area contributed by atoms with Crippen LogP contribution in [0.1, 0.15) is 50.3 Å². The van der Waals surface area contributed by atoms with Gasteiger partial charge in [0.1, 0.15) is 11.1 Å². The number of unbranched alkanes of at least 4 members (excludes halogenated alkanes) is 1. The normalized spacial score (nSPS) is 17.5. The first-order valence-electron chi connectivity index (χ1n) is 10.9. The van der Waals surface area contributed by atoms with Gasteiger partial charge in [-0.2, -0.15) is 15.1 Å². The zero-order chi connectivity index (χ0) is 23.4. The number of ether oxygens (including phenoxy) is 2. The number of hydrogen-bond acceptors (Lipinski definition) is 6. The van der Waals surface area contributed by atoms with E-state index >= 15 is 0 Å². The molecule has 170 valence electrons. The highest BCUT2D eigenvalue weighted by Crippen LogP contribution is 2.34. The Morgan fingerprint density at radius 3 is 2.70 bits per heavy atom. The van der Waals surface area contributed by atoms with Gasteiger partial charge in [-0.1, -0.05) is 49.7 Å². The molecule has 0 spiro atoms. The molecule has 0 aromatic heterocycles. The van der Waals surface area contributed by atoms with Gasteiger partial charge in [-0.3, -0.25) is 10.2 Å². The van der Waals surface area contributed by atoms with Gasteiger partial charge < -0.3 is 9.47 Å². The maximum atomic E-state index is 12.7. The van der Waals surface area contributed by atoms with Crippen molar-refractivity contribution in [3.8, 4) is 11.5 Å². The second-order valence-electron chi connectivity index (χ2n) is 7.70. The van der Waals surface area contributed by atoms with Crippen LogP contribution in [0, 0.1) is 5.41 Å². The summed E-state index contributed by atoms with van der Waals surface area (Å²) in [6.45, 7) is 4.09. The SMILES string of the molecule is CCCCC1=NN2C(=N)/C(=C/c3ccc(O[C@@H](C)c4ccccc4)c(OC)c3)C(=O)N=C2S1. The van der Waals surface area contributed by atoms with Crippen molar-refractivity contribution >= 4 is 39.8 Å². The second-order valence-corrected chi connectivity index (χ2v) is 8.74. The van der Waals surface area contributed by atoms with Crippen molar-refractivity contribution in [1.82, 2.24) is 5.01 Å². The zero-order valence-corrected chi connectivity index (χ0v) is 19.7. The number of carbonyl (C=O) groups is 1. The molecule has 1 amide bonds. The number of nitrogens with one attached hydrogen (secondary N) is 1. The third-order valence-corrected chi connectivity index (χ3v) is 6.28. The molecule has 0 fully saturated rings. The molecule has 33 heavy (non-hydrogen) atoms. The van der Waals surface area contributed by atoms with E-state index < -0.39 is 5.91 Å². The maximum Gasteiger partial charge on any atom is 0.283 e. The van der Waals surface area contributed by atoms with E-state index in [1.807, 2.05) is 49.4 Å². The van der Waals surface area contributed by atoms with Gasteiger partial charge in [0.05, 0.1) is 12.7 Å². The second kappa shape index (κ2) is 10.0. The highest BCUT2D eigenvalue weighted by Gasteiger charge is 2.35. The summed E-state index contributed by atoms with van der Waals surface area (Å²) in [5.74, 6) is 0.730. The fraction of sp³-hybridized carbons (Fsp3) is 0.280. The number of methoxy groups -OCH3 is 1. The molecule has 2 aliphatic rings. The Balaban J connectivity index is 1.56. The molecular weight excluding hydrogens is 436 g/mol. The lowest BCUT2D eigenvalue weighted by Gasteiger charge is -2.20. The van der Waals surface area contributed by atoms with Gasteiger partial charge in [-0.15, -0.1) is 0 Å². The number of rotatable bonds is 8. The van der Waals surface area contributed by atoms with E-state index in [1.165, 1.54) is 16.8 Å². The van der Waals surface area contributed by atoms with Gasteiger partial charge >= 0.3 is 0 Å². The van der Waals surface area contributed by atoms with Crippen LogP contribution in [0.2, 0.25) is 0 Å². The Morgan fingerprint density at radius 1 is 1.18 bits per heavy atom. The Labute approximate surface area is 197 Å². The summed E-state index contributed by atoms with van der Waals surface area (Å²) < 4.78 is 11.6. The minimum absolute atomic E-state index is 0.0287. The number of thioether (sulfide) groups is 1. The number of nitrogens with zero attached hydrogens (tertiary/aromatic N) is 3. The zero-order valence-electron chi connectivity index (χ0n) is 18.9. The first kappa shape index (κ1) is 22.8. The lowest BCUT2D eigenvalue weighted by Crippen LogP contribution is -2.35. The third kappa shape index (κ3) is 5.01. The molecule has 4 rings (SSSR count). The average molecular weight is 463 g/mol. The standard InChI is InChI=1S/C25H26N4O3S/c1-4-5-11-22-28-29-23(26)19(24(30)27-25(29)33-22)14-17-12-13-20(21(15-17)31-3)32-16(2)18-9-7-6-8-10-18/h6-10,12-16,26H,4-5,11H2,1-3H3/b19-14-,26-23?/t16-/m0/s1. The Morgan fingerprint density at radius 2 is 1.97 bits per heavy atom. The number of amides is 1. The number of hydrazone groups is 1.